The molecule has 0 fully saturated rings. The van der Waals surface area contributed by atoms with Gasteiger partial charge in [0.1, 0.15) is 17.7 Å². The molecule has 172 valence electrons. The summed E-state index contributed by atoms with van der Waals surface area (Å²) in [4.78, 5) is 4.63. The van der Waals surface area contributed by atoms with Crippen molar-refractivity contribution in [3.63, 3.8) is 0 Å². The maximum absolute atomic E-state index is 13.0. The summed E-state index contributed by atoms with van der Waals surface area (Å²) in [6.45, 7) is 5.53. The Morgan fingerprint density at radius 1 is 0.968 bits per heavy atom. The average molecular weight is 547 g/mol. The van der Waals surface area contributed by atoms with Gasteiger partial charge in [0.05, 0.1) is 34.4 Å². The first-order chi connectivity index (χ1) is 14.5. The van der Waals surface area contributed by atoms with Crippen molar-refractivity contribution in [2.75, 3.05) is 34.4 Å². The van der Waals surface area contributed by atoms with E-state index in [2.05, 4.69) is 15.6 Å². The smallest absolute Gasteiger partial charge is 0.203 e. The van der Waals surface area contributed by atoms with Gasteiger partial charge in [-0.3, -0.25) is 0 Å². The molecule has 0 bridgehead atoms. The Kier molecular flexibility index (Phi) is 11.8. The van der Waals surface area contributed by atoms with Gasteiger partial charge in [-0.2, -0.15) is 0 Å². The minimum absolute atomic E-state index is 0. The molecule has 2 aromatic carbocycles. The number of benzene rings is 2. The standard InChI is InChI=1S/C22H30FN3O4.HI/c1-6-24-22(25-13-15(2)30-18-10-8-17(23)9-11-18)26-14-16-7-12-19(27-3)21(29-5)20(16)28-4;/h7-12,15H,6,13-14H2,1-5H3,(H2,24,25,26);1H. The van der Waals surface area contributed by atoms with Gasteiger partial charge in [0.2, 0.25) is 5.75 Å². The van der Waals surface area contributed by atoms with Gasteiger partial charge in [0.15, 0.2) is 17.5 Å². The summed E-state index contributed by atoms with van der Waals surface area (Å²) in [5.41, 5.74) is 0.864. The van der Waals surface area contributed by atoms with E-state index in [-0.39, 0.29) is 35.9 Å². The molecule has 1 unspecified atom stereocenters. The first-order valence-corrected chi connectivity index (χ1v) is 9.74. The lowest BCUT2D eigenvalue weighted by Crippen LogP contribution is -2.41. The number of hydrogen-bond donors (Lipinski definition) is 2. The molecular weight excluding hydrogens is 516 g/mol. The van der Waals surface area contributed by atoms with Crippen molar-refractivity contribution in [3.05, 3.63) is 47.8 Å². The van der Waals surface area contributed by atoms with E-state index in [1.165, 1.54) is 12.1 Å². The third kappa shape index (κ3) is 7.97. The fraction of sp³-hybridized carbons (Fsp3) is 0.409. The zero-order valence-electron chi connectivity index (χ0n) is 18.5. The molecule has 0 heterocycles. The van der Waals surface area contributed by atoms with E-state index in [0.29, 0.717) is 48.6 Å². The topological polar surface area (TPSA) is 73.3 Å². The highest BCUT2D eigenvalue weighted by atomic mass is 127. The number of hydrogen-bond acceptors (Lipinski definition) is 5. The van der Waals surface area contributed by atoms with E-state index in [9.17, 15) is 4.39 Å². The van der Waals surface area contributed by atoms with Crippen LogP contribution in [-0.4, -0.2) is 46.5 Å². The van der Waals surface area contributed by atoms with E-state index in [1.54, 1.807) is 33.5 Å². The van der Waals surface area contributed by atoms with Crippen LogP contribution in [0.1, 0.15) is 19.4 Å². The first-order valence-electron chi connectivity index (χ1n) is 9.74. The molecule has 9 heteroatoms. The number of ether oxygens (including phenoxy) is 4. The molecule has 0 aliphatic rings. The number of halogens is 2. The Morgan fingerprint density at radius 2 is 1.65 bits per heavy atom. The van der Waals surface area contributed by atoms with Crippen LogP contribution in [0.25, 0.3) is 0 Å². The molecule has 2 rings (SSSR count). The summed E-state index contributed by atoms with van der Waals surface area (Å²) in [7, 11) is 4.74. The van der Waals surface area contributed by atoms with E-state index >= 15 is 0 Å². The number of nitrogens with zero attached hydrogens (tertiary/aromatic N) is 1. The Morgan fingerprint density at radius 3 is 2.23 bits per heavy atom. The van der Waals surface area contributed by atoms with Gasteiger partial charge in [0.25, 0.3) is 0 Å². The van der Waals surface area contributed by atoms with Crippen molar-refractivity contribution in [2.24, 2.45) is 4.99 Å². The number of nitrogens with one attached hydrogen (secondary N) is 2. The predicted molar refractivity (Wildman–Crippen MR) is 131 cm³/mol. The average Bonchev–Trinajstić information content (AvgIpc) is 2.76. The van der Waals surface area contributed by atoms with Crippen molar-refractivity contribution in [3.8, 4) is 23.0 Å². The molecule has 0 saturated heterocycles. The molecule has 7 nitrogen and oxygen atoms in total. The van der Waals surface area contributed by atoms with Crippen LogP contribution >= 0.6 is 24.0 Å². The number of guanidine groups is 1. The minimum Gasteiger partial charge on any atom is -0.493 e. The fourth-order valence-electron chi connectivity index (χ4n) is 2.82. The van der Waals surface area contributed by atoms with Crippen LogP contribution in [0.3, 0.4) is 0 Å². The second-order valence-corrected chi connectivity index (χ2v) is 6.45. The van der Waals surface area contributed by atoms with Crippen LogP contribution in [0.15, 0.2) is 41.4 Å². The number of methoxy groups -OCH3 is 3. The molecule has 0 aliphatic heterocycles. The Balaban J connectivity index is 0.00000480. The maximum Gasteiger partial charge on any atom is 0.203 e. The van der Waals surface area contributed by atoms with Crippen molar-refractivity contribution in [1.82, 2.24) is 10.6 Å². The second-order valence-electron chi connectivity index (χ2n) is 6.45. The molecule has 0 amide bonds. The first kappa shape index (κ1) is 26.6. The molecular formula is C22H31FIN3O4. The Hall–Kier alpha value is -2.43. The molecule has 0 radical (unpaired) electrons. The normalized spacial score (nSPS) is 11.7. The molecule has 0 saturated carbocycles. The largest absolute Gasteiger partial charge is 0.493 e. The van der Waals surface area contributed by atoms with Gasteiger partial charge < -0.3 is 29.6 Å². The van der Waals surface area contributed by atoms with E-state index in [4.69, 9.17) is 18.9 Å². The lowest BCUT2D eigenvalue weighted by molar-refractivity contribution is 0.223. The van der Waals surface area contributed by atoms with Crippen LogP contribution < -0.4 is 29.6 Å². The summed E-state index contributed by atoms with van der Waals surface area (Å²) in [5.74, 6) is 2.68. The highest BCUT2D eigenvalue weighted by Crippen LogP contribution is 2.39. The highest BCUT2D eigenvalue weighted by molar-refractivity contribution is 14.0. The van der Waals surface area contributed by atoms with Gasteiger partial charge in [-0.15, -0.1) is 24.0 Å². The van der Waals surface area contributed by atoms with Gasteiger partial charge >= 0.3 is 0 Å². The second kappa shape index (κ2) is 13.8. The molecule has 0 aliphatic carbocycles. The lowest BCUT2D eigenvalue weighted by atomic mass is 10.1. The molecule has 0 spiro atoms. The van der Waals surface area contributed by atoms with Gasteiger partial charge in [-0.05, 0) is 50.2 Å². The quantitative estimate of drug-likeness (QED) is 0.266. The molecule has 2 N–H and O–H groups in total. The van der Waals surface area contributed by atoms with Crippen LogP contribution in [-0.2, 0) is 6.54 Å². The van der Waals surface area contributed by atoms with Crippen LogP contribution in [0.5, 0.6) is 23.0 Å². The van der Waals surface area contributed by atoms with E-state index in [1.807, 2.05) is 26.0 Å². The number of rotatable bonds is 10. The maximum atomic E-state index is 13.0. The summed E-state index contributed by atoms with van der Waals surface area (Å²) in [5, 5.41) is 6.46. The Labute approximate surface area is 200 Å². The van der Waals surface area contributed by atoms with Crippen molar-refractivity contribution < 1.29 is 23.3 Å². The lowest BCUT2D eigenvalue weighted by Gasteiger charge is -2.18. The molecule has 2 aromatic rings. The molecule has 1 atom stereocenters. The van der Waals surface area contributed by atoms with Gasteiger partial charge in [0, 0.05) is 12.1 Å². The SMILES string of the molecule is CCNC(=NCc1ccc(OC)c(OC)c1OC)NCC(C)Oc1ccc(F)cc1.I. The minimum atomic E-state index is -0.291. The zero-order valence-corrected chi connectivity index (χ0v) is 20.9. The van der Waals surface area contributed by atoms with E-state index < -0.39 is 0 Å². The monoisotopic (exact) mass is 547 g/mol. The van der Waals surface area contributed by atoms with Gasteiger partial charge in [-0.25, -0.2) is 9.38 Å². The fourth-order valence-corrected chi connectivity index (χ4v) is 2.82. The highest BCUT2D eigenvalue weighted by Gasteiger charge is 2.15. The van der Waals surface area contributed by atoms with E-state index in [0.717, 1.165) is 5.56 Å². The molecule has 0 aromatic heterocycles. The van der Waals surface area contributed by atoms with Gasteiger partial charge in [-0.1, -0.05) is 0 Å². The summed E-state index contributed by atoms with van der Waals surface area (Å²) < 4.78 is 35.1. The van der Waals surface area contributed by atoms with Crippen molar-refractivity contribution in [1.29, 1.82) is 0 Å². The van der Waals surface area contributed by atoms with Crippen LogP contribution in [0.4, 0.5) is 4.39 Å². The summed E-state index contributed by atoms with van der Waals surface area (Å²) in [6.07, 6.45) is -0.144. The molecule has 31 heavy (non-hydrogen) atoms. The third-order valence-electron chi connectivity index (χ3n) is 4.25. The van der Waals surface area contributed by atoms with Crippen LogP contribution in [0.2, 0.25) is 0 Å². The predicted octanol–water partition coefficient (Wildman–Crippen LogP) is 3.99. The summed E-state index contributed by atoms with van der Waals surface area (Å²) in [6, 6.07) is 9.68. The zero-order chi connectivity index (χ0) is 21.9. The van der Waals surface area contributed by atoms with Crippen molar-refractivity contribution >= 4 is 29.9 Å². The van der Waals surface area contributed by atoms with Crippen molar-refractivity contribution in [2.45, 2.75) is 26.5 Å². The Bertz CT molecular complexity index is 834. The van der Waals surface area contributed by atoms with Crippen LogP contribution in [0, 0.1) is 5.82 Å². The summed E-state index contributed by atoms with van der Waals surface area (Å²) >= 11 is 0. The number of aliphatic imine (C=N–C) groups is 1. The third-order valence-corrected chi connectivity index (χ3v) is 4.25.